The highest BCUT2D eigenvalue weighted by molar-refractivity contribution is 5.54. The van der Waals surface area contributed by atoms with Gasteiger partial charge in [-0.05, 0) is 13.3 Å². The minimum atomic E-state index is -0.174. The summed E-state index contributed by atoms with van der Waals surface area (Å²) in [6.45, 7) is 4.03. The Bertz CT molecular complexity index is 461. The Morgan fingerprint density at radius 3 is 2.62 bits per heavy atom. The molecule has 1 atom stereocenters. The lowest BCUT2D eigenvalue weighted by atomic mass is 10.1. The third-order valence-electron chi connectivity index (χ3n) is 2.51. The van der Waals surface area contributed by atoms with Crippen LogP contribution >= 0.6 is 0 Å². The molecular weight excluding hydrogens is 202 g/mol. The molecule has 2 N–H and O–H groups in total. The van der Waals surface area contributed by atoms with Crippen LogP contribution in [0.2, 0.25) is 0 Å². The number of nitrogens with two attached hydrogens (primary N) is 1. The zero-order chi connectivity index (χ0) is 11.5. The number of hydrogen-bond acceptors (Lipinski definition) is 4. The number of nitrogens with zero attached hydrogens (tertiary/aromatic N) is 2. The molecule has 0 bridgehead atoms. The molecule has 4 heteroatoms. The van der Waals surface area contributed by atoms with Gasteiger partial charge in [0.05, 0.1) is 6.04 Å². The van der Waals surface area contributed by atoms with Crippen molar-refractivity contribution in [2.75, 3.05) is 0 Å². The molecule has 0 unspecified atom stereocenters. The lowest BCUT2D eigenvalue weighted by molar-refractivity contribution is 0.352. The highest BCUT2D eigenvalue weighted by atomic mass is 16.5. The number of aryl methyl sites for hydroxylation is 1. The van der Waals surface area contributed by atoms with Crippen molar-refractivity contribution in [3.63, 3.8) is 0 Å². The Labute approximate surface area is 94.5 Å². The molecule has 1 heterocycles. The zero-order valence-electron chi connectivity index (χ0n) is 9.47. The average Bonchev–Trinajstić information content (AvgIpc) is 2.78. The molecular formula is C12H15N3O. The average molecular weight is 217 g/mol. The maximum atomic E-state index is 5.81. The molecule has 0 aliphatic rings. The van der Waals surface area contributed by atoms with Crippen molar-refractivity contribution in [3.05, 3.63) is 35.7 Å². The monoisotopic (exact) mass is 217 g/mol. The standard InChI is InChI=1S/C12H15N3O/c1-3-10(13)12-14-11(15-16-12)9-6-4-8(2)5-7-9/h4-7,10H,3,13H2,1-2H3/t10-/m0/s1. The van der Waals surface area contributed by atoms with E-state index in [0.717, 1.165) is 12.0 Å². The number of hydrogen-bond donors (Lipinski definition) is 1. The lowest BCUT2D eigenvalue weighted by Gasteiger charge is -1.99. The van der Waals surface area contributed by atoms with Gasteiger partial charge >= 0.3 is 0 Å². The van der Waals surface area contributed by atoms with Crippen molar-refractivity contribution in [3.8, 4) is 11.4 Å². The van der Waals surface area contributed by atoms with Gasteiger partial charge in [-0.25, -0.2) is 0 Å². The minimum Gasteiger partial charge on any atom is -0.337 e. The molecule has 16 heavy (non-hydrogen) atoms. The van der Waals surface area contributed by atoms with Crippen LogP contribution in [0.4, 0.5) is 0 Å². The van der Waals surface area contributed by atoms with Gasteiger partial charge in [0.25, 0.3) is 0 Å². The molecule has 0 radical (unpaired) electrons. The lowest BCUT2D eigenvalue weighted by Crippen LogP contribution is -2.08. The third kappa shape index (κ3) is 2.12. The summed E-state index contributed by atoms with van der Waals surface area (Å²) in [5, 5.41) is 3.92. The topological polar surface area (TPSA) is 64.9 Å². The minimum absolute atomic E-state index is 0.174. The first kappa shape index (κ1) is 10.8. The highest BCUT2D eigenvalue weighted by Gasteiger charge is 2.13. The van der Waals surface area contributed by atoms with Gasteiger partial charge in [0.2, 0.25) is 11.7 Å². The molecule has 0 aliphatic heterocycles. The van der Waals surface area contributed by atoms with Crippen molar-refractivity contribution in [2.45, 2.75) is 26.3 Å². The summed E-state index contributed by atoms with van der Waals surface area (Å²) in [5.41, 5.74) is 7.97. The fourth-order valence-electron chi connectivity index (χ4n) is 1.38. The quantitative estimate of drug-likeness (QED) is 0.857. The maximum absolute atomic E-state index is 5.81. The Kier molecular flexibility index (Phi) is 3.01. The van der Waals surface area contributed by atoms with Crippen LogP contribution in [0.3, 0.4) is 0 Å². The normalized spacial score (nSPS) is 12.7. The van der Waals surface area contributed by atoms with Crippen LogP contribution in [0, 0.1) is 6.92 Å². The second-order valence-corrected chi connectivity index (χ2v) is 3.84. The summed E-state index contributed by atoms with van der Waals surface area (Å²) >= 11 is 0. The van der Waals surface area contributed by atoms with Crippen molar-refractivity contribution in [1.82, 2.24) is 10.1 Å². The van der Waals surface area contributed by atoms with Gasteiger partial charge in [-0.1, -0.05) is 41.9 Å². The van der Waals surface area contributed by atoms with Gasteiger partial charge in [-0.15, -0.1) is 0 Å². The smallest absolute Gasteiger partial charge is 0.243 e. The Balaban J connectivity index is 2.28. The van der Waals surface area contributed by atoms with Crippen LogP contribution < -0.4 is 5.73 Å². The van der Waals surface area contributed by atoms with Crippen molar-refractivity contribution >= 4 is 0 Å². The van der Waals surface area contributed by atoms with E-state index in [9.17, 15) is 0 Å². The first-order valence-electron chi connectivity index (χ1n) is 5.37. The Hall–Kier alpha value is -1.68. The zero-order valence-corrected chi connectivity index (χ0v) is 9.47. The van der Waals surface area contributed by atoms with Crippen LogP contribution in [-0.2, 0) is 0 Å². The molecule has 0 aliphatic carbocycles. The molecule has 0 saturated heterocycles. The predicted octanol–water partition coefficient (Wildman–Crippen LogP) is 2.45. The van der Waals surface area contributed by atoms with Crippen LogP contribution in [-0.4, -0.2) is 10.1 Å². The highest BCUT2D eigenvalue weighted by Crippen LogP contribution is 2.19. The van der Waals surface area contributed by atoms with E-state index in [2.05, 4.69) is 10.1 Å². The van der Waals surface area contributed by atoms with Gasteiger partial charge in [0.15, 0.2) is 0 Å². The Morgan fingerprint density at radius 2 is 2.00 bits per heavy atom. The van der Waals surface area contributed by atoms with Crippen molar-refractivity contribution < 1.29 is 4.52 Å². The summed E-state index contributed by atoms with van der Waals surface area (Å²) in [7, 11) is 0. The molecule has 1 aromatic heterocycles. The van der Waals surface area contributed by atoms with Crippen LogP contribution in [0.15, 0.2) is 28.8 Å². The molecule has 2 rings (SSSR count). The molecule has 0 saturated carbocycles. The Morgan fingerprint density at radius 1 is 1.31 bits per heavy atom. The van der Waals surface area contributed by atoms with Crippen molar-refractivity contribution in [1.29, 1.82) is 0 Å². The van der Waals surface area contributed by atoms with Gasteiger partial charge < -0.3 is 10.3 Å². The molecule has 2 aromatic rings. The van der Waals surface area contributed by atoms with E-state index in [1.807, 2.05) is 38.1 Å². The fraction of sp³-hybridized carbons (Fsp3) is 0.333. The number of benzene rings is 1. The first-order chi connectivity index (χ1) is 7.70. The SMILES string of the molecule is CC[C@H](N)c1nc(-c2ccc(C)cc2)no1. The van der Waals surface area contributed by atoms with Gasteiger partial charge in [0.1, 0.15) is 0 Å². The van der Waals surface area contributed by atoms with Crippen LogP contribution in [0.25, 0.3) is 11.4 Å². The van der Waals surface area contributed by atoms with E-state index < -0.39 is 0 Å². The van der Waals surface area contributed by atoms with Gasteiger partial charge in [-0.3, -0.25) is 0 Å². The van der Waals surface area contributed by atoms with Crippen molar-refractivity contribution in [2.24, 2.45) is 5.73 Å². The third-order valence-corrected chi connectivity index (χ3v) is 2.51. The fourth-order valence-corrected chi connectivity index (χ4v) is 1.38. The summed E-state index contributed by atoms with van der Waals surface area (Å²) in [6, 6.07) is 7.81. The van der Waals surface area contributed by atoms with E-state index in [-0.39, 0.29) is 6.04 Å². The summed E-state index contributed by atoms with van der Waals surface area (Å²) < 4.78 is 5.12. The molecule has 0 fully saturated rings. The number of rotatable bonds is 3. The van der Waals surface area contributed by atoms with Gasteiger partial charge in [-0.2, -0.15) is 4.98 Å². The van der Waals surface area contributed by atoms with E-state index >= 15 is 0 Å². The summed E-state index contributed by atoms with van der Waals surface area (Å²) in [6.07, 6.45) is 0.787. The maximum Gasteiger partial charge on any atom is 0.243 e. The molecule has 4 nitrogen and oxygen atoms in total. The molecule has 0 amide bonds. The van der Waals surface area contributed by atoms with Crippen LogP contribution in [0.5, 0.6) is 0 Å². The largest absolute Gasteiger partial charge is 0.337 e. The van der Waals surface area contributed by atoms with E-state index in [0.29, 0.717) is 11.7 Å². The first-order valence-corrected chi connectivity index (χ1v) is 5.37. The summed E-state index contributed by atoms with van der Waals surface area (Å²) in [5.74, 6) is 1.09. The second-order valence-electron chi connectivity index (χ2n) is 3.84. The predicted molar refractivity (Wildman–Crippen MR) is 61.7 cm³/mol. The summed E-state index contributed by atoms with van der Waals surface area (Å²) in [4.78, 5) is 4.28. The molecule has 84 valence electrons. The number of aromatic nitrogens is 2. The molecule has 0 spiro atoms. The molecule has 1 aromatic carbocycles. The van der Waals surface area contributed by atoms with Crippen LogP contribution in [0.1, 0.15) is 30.8 Å². The second kappa shape index (κ2) is 4.45. The van der Waals surface area contributed by atoms with E-state index in [1.54, 1.807) is 0 Å². The van der Waals surface area contributed by atoms with Gasteiger partial charge in [0, 0.05) is 5.56 Å². The van der Waals surface area contributed by atoms with E-state index in [4.69, 9.17) is 10.3 Å². The van der Waals surface area contributed by atoms with E-state index in [1.165, 1.54) is 5.56 Å².